The Labute approximate surface area is 97.0 Å². The Bertz CT molecular complexity index is 383. The van der Waals surface area contributed by atoms with Gasteiger partial charge in [-0.05, 0) is 32.0 Å². The Morgan fingerprint density at radius 3 is 2.12 bits per heavy atom. The van der Waals surface area contributed by atoms with E-state index in [4.69, 9.17) is 4.74 Å². The maximum atomic E-state index is 14.0. The van der Waals surface area contributed by atoms with E-state index in [1.165, 1.54) is 6.07 Å². The topological polar surface area (TPSA) is 9.23 Å². The molecule has 0 saturated heterocycles. The highest BCUT2D eigenvalue weighted by molar-refractivity contribution is 6.70. The van der Waals surface area contributed by atoms with Gasteiger partial charge in [0.25, 0.3) is 0 Å². The van der Waals surface area contributed by atoms with Crippen molar-refractivity contribution in [3.05, 3.63) is 23.8 Å². The lowest BCUT2D eigenvalue weighted by molar-refractivity contribution is 0.124. The normalized spacial score (nSPS) is 12.0. The molecule has 0 aliphatic rings. The van der Waals surface area contributed by atoms with E-state index in [0.29, 0.717) is 5.19 Å². The van der Waals surface area contributed by atoms with E-state index in [1.54, 1.807) is 0 Å². The van der Waals surface area contributed by atoms with Crippen molar-refractivity contribution in [3.8, 4) is 5.75 Å². The maximum Gasteiger partial charge on any atom is 0.164 e. The number of ether oxygens (including phenoxy) is 1. The Morgan fingerprint density at radius 1 is 1.12 bits per heavy atom. The summed E-state index contributed by atoms with van der Waals surface area (Å²) in [6.07, 6.45) is 0. The van der Waals surface area contributed by atoms with Gasteiger partial charge in [0, 0.05) is 6.07 Å². The van der Waals surface area contributed by atoms with Crippen molar-refractivity contribution < 1.29 is 13.5 Å². The fourth-order valence-electron chi connectivity index (χ4n) is 1.41. The van der Waals surface area contributed by atoms with Crippen molar-refractivity contribution in [1.82, 2.24) is 0 Å². The third-order valence-electron chi connectivity index (χ3n) is 2.07. The fraction of sp³-hybridized carbons (Fsp3) is 0.500. The van der Waals surface area contributed by atoms with E-state index in [2.05, 4.69) is 0 Å². The molecular weight excluding hydrogens is 226 g/mol. The first-order valence-electron chi connectivity index (χ1n) is 5.38. The molecular formula is C12H18F2OSi. The zero-order chi connectivity index (χ0) is 12.5. The van der Waals surface area contributed by atoms with Gasteiger partial charge in [-0.15, -0.1) is 0 Å². The monoisotopic (exact) mass is 244 g/mol. The first kappa shape index (κ1) is 13.2. The molecule has 0 atom stereocenters. The molecule has 0 amide bonds. The molecule has 0 aliphatic heterocycles. The van der Waals surface area contributed by atoms with Crippen LogP contribution < -0.4 is 9.92 Å². The summed E-state index contributed by atoms with van der Waals surface area (Å²) in [7, 11) is -1.39. The van der Waals surface area contributed by atoms with E-state index in [9.17, 15) is 8.78 Å². The molecule has 0 N–H and O–H groups in total. The van der Waals surface area contributed by atoms with Gasteiger partial charge in [-0.1, -0.05) is 13.1 Å². The number of hydrogen-bond donors (Lipinski definition) is 0. The lowest BCUT2D eigenvalue weighted by atomic mass is 10.2. The van der Waals surface area contributed by atoms with E-state index in [1.807, 2.05) is 33.9 Å². The smallest absolute Gasteiger partial charge is 0.164 e. The molecule has 16 heavy (non-hydrogen) atoms. The minimum atomic E-state index is -1.39. The summed E-state index contributed by atoms with van der Waals surface area (Å²) in [5, 5.41) is 0.485. The maximum absolute atomic E-state index is 14.0. The van der Waals surface area contributed by atoms with Crippen LogP contribution in [0.2, 0.25) is 13.1 Å². The number of rotatable bonds is 2. The average molecular weight is 244 g/mol. The van der Waals surface area contributed by atoms with Crippen molar-refractivity contribution in [2.75, 3.05) is 0 Å². The minimum absolute atomic E-state index is 0.0173. The van der Waals surface area contributed by atoms with Crippen LogP contribution in [-0.2, 0) is 0 Å². The Hall–Kier alpha value is -0.903. The summed E-state index contributed by atoms with van der Waals surface area (Å²) in [5.74, 6) is -0.821. The molecule has 0 radical (unpaired) electrons. The summed E-state index contributed by atoms with van der Waals surface area (Å²) in [4.78, 5) is 0. The first-order valence-corrected chi connectivity index (χ1v) is 8.27. The molecule has 0 saturated carbocycles. The zero-order valence-electron chi connectivity index (χ0n) is 10.4. The fourth-order valence-corrected chi connectivity index (χ4v) is 2.55. The number of benzene rings is 1. The second kappa shape index (κ2) is 4.53. The molecule has 90 valence electrons. The van der Waals surface area contributed by atoms with Crippen LogP contribution in [0.5, 0.6) is 5.75 Å². The third kappa shape index (κ3) is 3.30. The van der Waals surface area contributed by atoms with Crippen molar-refractivity contribution in [1.29, 1.82) is 0 Å². The summed E-state index contributed by atoms with van der Waals surface area (Å²) in [5.41, 5.74) is -0.523. The van der Waals surface area contributed by atoms with Crippen LogP contribution in [0.25, 0.3) is 0 Å². The van der Waals surface area contributed by atoms with Crippen LogP contribution in [-0.4, -0.2) is 14.4 Å². The standard InChI is InChI=1S/C12H18F2OSi/c1-12(2,3)15-9-6-8(13)7-10(11(9)14)16(4)5/h6-7,16H,1-5H3. The molecule has 0 unspecified atom stereocenters. The van der Waals surface area contributed by atoms with Gasteiger partial charge < -0.3 is 4.74 Å². The van der Waals surface area contributed by atoms with E-state index in [0.717, 1.165) is 6.07 Å². The molecule has 1 rings (SSSR count). The van der Waals surface area contributed by atoms with Gasteiger partial charge in [-0.25, -0.2) is 8.78 Å². The van der Waals surface area contributed by atoms with E-state index in [-0.39, 0.29) is 5.75 Å². The van der Waals surface area contributed by atoms with Gasteiger partial charge in [0.15, 0.2) is 11.6 Å². The minimum Gasteiger partial charge on any atom is -0.485 e. The van der Waals surface area contributed by atoms with Gasteiger partial charge in [0.1, 0.15) is 11.4 Å². The van der Waals surface area contributed by atoms with Crippen molar-refractivity contribution in [3.63, 3.8) is 0 Å². The molecule has 1 aromatic carbocycles. The molecule has 0 aliphatic carbocycles. The van der Waals surface area contributed by atoms with Gasteiger partial charge in [-0.3, -0.25) is 0 Å². The average Bonchev–Trinajstić information content (AvgIpc) is 2.07. The molecule has 0 aromatic heterocycles. The number of halogens is 2. The zero-order valence-corrected chi connectivity index (χ0v) is 11.6. The highest BCUT2D eigenvalue weighted by atomic mass is 28.3. The van der Waals surface area contributed by atoms with Crippen LogP contribution in [0.3, 0.4) is 0 Å². The van der Waals surface area contributed by atoms with Crippen LogP contribution in [0.4, 0.5) is 8.78 Å². The largest absolute Gasteiger partial charge is 0.485 e. The molecule has 0 bridgehead atoms. The Morgan fingerprint density at radius 2 is 1.69 bits per heavy atom. The molecule has 1 nitrogen and oxygen atoms in total. The Balaban J connectivity index is 3.19. The Kier molecular flexibility index (Phi) is 3.73. The quantitative estimate of drug-likeness (QED) is 0.727. The van der Waals surface area contributed by atoms with Crippen LogP contribution in [0.15, 0.2) is 12.1 Å². The van der Waals surface area contributed by atoms with Crippen molar-refractivity contribution in [2.45, 2.75) is 39.5 Å². The van der Waals surface area contributed by atoms with Crippen LogP contribution >= 0.6 is 0 Å². The summed E-state index contributed by atoms with van der Waals surface area (Å²) in [6.45, 7) is 9.34. The van der Waals surface area contributed by atoms with Gasteiger partial charge in [0.2, 0.25) is 0 Å². The van der Waals surface area contributed by atoms with Crippen LogP contribution in [0, 0.1) is 11.6 Å². The SMILES string of the molecule is C[SiH](C)c1cc(F)cc(OC(C)(C)C)c1F. The summed E-state index contributed by atoms with van der Waals surface area (Å²) >= 11 is 0. The van der Waals surface area contributed by atoms with E-state index >= 15 is 0 Å². The summed E-state index contributed by atoms with van der Waals surface area (Å²) in [6, 6.07) is 2.39. The van der Waals surface area contributed by atoms with Gasteiger partial charge in [-0.2, -0.15) is 0 Å². The predicted octanol–water partition coefficient (Wildman–Crippen LogP) is 2.84. The molecule has 0 fully saturated rings. The lowest BCUT2D eigenvalue weighted by Gasteiger charge is -2.22. The highest BCUT2D eigenvalue weighted by Crippen LogP contribution is 2.22. The molecule has 1 aromatic rings. The van der Waals surface area contributed by atoms with Crippen LogP contribution in [0.1, 0.15) is 20.8 Å². The molecule has 0 heterocycles. The van der Waals surface area contributed by atoms with Crippen molar-refractivity contribution >= 4 is 14.0 Å². The highest BCUT2D eigenvalue weighted by Gasteiger charge is 2.20. The second-order valence-corrected chi connectivity index (χ2v) is 8.11. The molecule has 0 spiro atoms. The summed E-state index contributed by atoms with van der Waals surface area (Å²) < 4.78 is 32.7. The van der Waals surface area contributed by atoms with E-state index < -0.39 is 26.0 Å². The van der Waals surface area contributed by atoms with Gasteiger partial charge in [0.05, 0.1) is 8.80 Å². The number of hydrogen-bond acceptors (Lipinski definition) is 1. The predicted molar refractivity (Wildman–Crippen MR) is 65.3 cm³/mol. The van der Waals surface area contributed by atoms with Crippen molar-refractivity contribution in [2.24, 2.45) is 0 Å². The third-order valence-corrected chi connectivity index (χ3v) is 3.73. The first-order chi connectivity index (χ1) is 7.20. The van der Waals surface area contributed by atoms with Gasteiger partial charge >= 0.3 is 0 Å². The second-order valence-electron chi connectivity index (χ2n) is 5.18. The lowest BCUT2D eigenvalue weighted by Crippen LogP contribution is -2.30. The molecule has 4 heteroatoms.